The number of carbonyl (C=O) groups is 1. The van der Waals surface area contributed by atoms with Crippen LogP contribution in [0.4, 0.5) is 0 Å². The van der Waals surface area contributed by atoms with Gasteiger partial charge in [0.05, 0.1) is 11.1 Å². The van der Waals surface area contributed by atoms with Crippen LogP contribution in [0.1, 0.15) is 34.9 Å². The van der Waals surface area contributed by atoms with E-state index in [4.69, 9.17) is 10.5 Å². The van der Waals surface area contributed by atoms with Crippen molar-refractivity contribution in [2.45, 2.75) is 32.9 Å². The maximum atomic E-state index is 12.0. The molecular formula is C16H22ClN3O2S. The lowest BCUT2D eigenvalue weighted by atomic mass is 10.2. The molecule has 1 heterocycles. The SMILES string of the molecule is CC(C)Oc1ccc(CNC(=O)c2csc(CCN)n2)cc1.Cl. The lowest BCUT2D eigenvalue weighted by Crippen LogP contribution is -2.23. The van der Waals surface area contributed by atoms with Gasteiger partial charge in [0.25, 0.3) is 5.91 Å². The van der Waals surface area contributed by atoms with E-state index in [9.17, 15) is 4.79 Å². The van der Waals surface area contributed by atoms with E-state index >= 15 is 0 Å². The van der Waals surface area contributed by atoms with Crippen molar-refractivity contribution in [3.8, 4) is 5.75 Å². The monoisotopic (exact) mass is 355 g/mol. The van der Waals surface area contributed by atoms with Gasteiger partial charge in [-0.25, -0.2) is 4.98 Å². The van der Waals surface area contributed by atoms with Crippen LogP contribution in [0.25, 0.3) is 0 Å². The molecule has 126 valence electrons. The molecule has 0 spiro atoms. The molecule has 1 amide bonds. The Labute approximate surface area is 146 Å². The van der Waals surface area contributed by atoms with E-state index in [2.05, 4.69) is 10.3 Å². The summed E-state index contributed by atoms with van der Waals surface area (Å²) in [6.07, 6.45) is 0.854. The Hall–Kier alpha value is -1.63. The average molecular weight is 356 g/mol. The number of thiazole rings is 1. The Morgan fingerprint density at radius 3 is 2.65 bits per heavy atom. The molecule has 0 fully saturated rings. The second-order valence-electron chi connectivity index (χ2n) is 5.16. The topological polar surface area (TPSA) is 77.2 Å². The van der Waals surface area contributed by atoms with E-state index in [0.717, 1.165) is 16.3 Å². The smallest absolute Gasteiger partial charge is 0.271 e. The Morgan fingerprint density at radius 1 is 1.35 bits per heavy atom. The van der Waals surface area contributed by atoms with E-state index in [1.54, 1.807) is 5.38 Å². The summed E-state index contributed by atoms with van der Waals surface area (Å²) in [6.45, 7) is 4.98. The first-order chi connectivity index (χ1) is 10.6. The van der Waals surface area contributed by atoms with Crippen molar-refractivity contribution in [3.05, 3.63) is 45.9 Å². The Morgan fingerprint density at radius 2 is 2.04 bits per heavy atom. The molecule has 0 aliphatic heterocycles. The van der Waals surface area contributed by atoms with Gasteiger partial charge in [-0.2, -0.15) is 0 Å². The standard InChI is InChI=1S/C16H21N3O2S.ClH/c1-11(2)21-13-5-3-12(4-6-13)9-18-16(20)14-10-22-15(19-14)7-8-17;/h3-6,10-11H,7-9,17H2,1-2H3,(H,18,20);1H. The summed E-state index contributed by atoms with van der Waals surface area (Å²) < 4.78 is 5.58. The number of nitrogens with one attached hydrogen (secondary N) is 1. The molecule has 1 aromatic carbocycles. The maximum Gasteiger partial charge on any atom is 0.271 e. The number of aromatic nitrogens is 1. The Kier molecular flexibility index (Phi) is 8.02. The first kappa shape index (κ1) is 19.4. The molecule has 0 aliphatic rings. The van der Waals surface area contributed by atoms with Gasteiger partial charge in [0.2, 0.25) is 0 Å². The lowest BCUT2D eigenvalue weighted by molar-refractivity contribution is 0.0946. The minimum Gasteiger partial charge on any atom is -0.491 e. The number of hydrogen-bond acceptors (Lipinski definition) is 5. The average Bonchev–Trinajstić information content (AvgIpc) is 2.95. The first-order valence-electron chi connectivity index (χ1n) is 7.26. The molecule has 0 bridgehead atoms. The van der Waals surface area contributed by atoms with Gasteiger partial charge in [-0.15, -0.1) is 23.7 Å². The fraction of sp³-hybridized carbons (Fsp3) is 0.375. The molecule has 5 nitrogen and oxygen atoms in total. The van der Waals surface area contributed by atoms with Crippen molar-refractivity contribution in [2.24, 2.45) is 5.73 Å². The maximum absolute atomic E-state index is 12.0. The van der Waals surface area contributed by atoms with Crippen molar-refractivity contribution >= 4 is 29.7 Å². The highest BCUT2D eigenvalue weighted by molar-refractivity contribution is 7.09. The number of benzene rings is 1. The van der Waals surface area contributed by atoms with E-state index < -0.39 is 0 Å². The summed E-state index contributed by atoms with van der Waals surface area (Å²) in [4.78, 5) is 16.3. The first-order valence-corrected chi connectivity index (χ1v) is 8.14. The molecule has 0 saturated heterocycles. The van der Waals surface area contributed by atoms with E-state index in [0.29, 0.717) is 25.2 Å². The molecule has 0 saturated carbocycles. The number of hydrogen-bond donors (Lipinski definition) is 2. The van der Waals surface area contributed by atoms with Crippen molar-refractivity contribution in [1.82, 2.24) is 10.3 Å². The van der Waals surface area contributed by atoms with Crippen molar-refractivity contribution in [3.63, 3.8) is 0 Å². The number of amides is 1. The van der Waals surface area contributed by atoms with Gasteiger partial charge in [0.15, 0.2) is 0 Å². The fourth-order valence-corrected chi connectivity index (χ4v) is 2.68. The molecule has 2 aromatic rings. The number of rotatable bonds is 7. The lowest BCUT2D eigenvalue weighted by Gasteiger charge is -2.10. The molecule has 0 aliphatic carbocycles. The molecule has 3 N–H and O–H groups in total. The highest BCUT2D eigenvalue weighted by atomic mass is 35.5. The third kappa shape index (κ3) is 6.17. The molecule has 0 atom stereocenters. The van der Waals surface area contributed by atoms with Crippen LogP contribution in [0.2, 0.25) is 0 Å². The minimum atomic E-state index is -0.165. The second-order valence-corrected chi connectivity index (χ2v) is 6.10. The predicted octanol–water partition coefficient (Wildman–Crippen LogP) is 2.78. The van der Waals surface area contributed by atoms with Gasteiger partial charge in [-0.3, -0.25) is 4.79 Å². The van der Waals surface area contributed by atoms with Gasteiger partial charge in [0, 0.05) is 18.3 Å². The number of nitrogens with zero attached hydrogens (tertiary/aromatic N) is 1. The zero-order chi connectivity index (χ0) is 15.9. The molecule has 7 heteroatoms. The van der Waals surface area contributed by atoms with Gasteiger partial charge in [0.1, 0.15) is 11.4 Å². The Balaban J connectivity index is 0.00000264. The summed E-state index contributed by atoms with van der Waals surface area (Å²) in [7, 11) is 0. The number of nitrogens with two attached hydrogens (primary N) is 1. The third-order valence-electron chi connectivity index (χ3n) is 2.89. The van der Waals surface area contributed by atoms with Crippen LogP contribution < -0.4 is 15.8 Å². The van der Waals surface area contributed by atoms with Gasteiger partial charge in [-0.05, 0) is 38.1 Å². The van der Waals surface area contributed by atoms with Crippen molar-refractivity contribution in [1.29, 1.82) is 0 Å². The second kappa shape index (κ2) is 9.50. The highest BCUT2D eigenvalue weighted by Crippen LogP contribution is 2.14. The summed E-state index contributed by atoms with van der Waals surface area (Å²) in [6, 6.07) is 7.70. The van der Waals surface area contributed by atoms with Gasteiger partial charge < -0.3 is 15.8 Å². The zero-order valence-corrected chi connectivity index (χ0v) is 14.9. The minimum absolute atomic E-state index is 0. The molecular weight excluding hydrogens is 334 g/mol. The third-order valence-corrected chi connectivity index (χ3v) is 3.80. The quantitative estimate of drug-likeness (QED) is 0.800. The van der Waals surface area contributed by atoms with Gasteiger partial charge in [-0.1, -0.05) is 12.1 Å². The Bertz CT molecular complexity index is 614. The van der Waals surface area contributed by atoms with Crippen LogP contribution in [0.3, 0.4) is 0 Å². The van der Waals surface area contributed by atoms with E-state index in [1.165, 1.54) is 11.3 Å². The van der Waals surface area contributed by atoms with Crippen LogP contribution in [-0.4, -0.2) is 23.5 Å². The van der Waals surface area contributed by atoms with E-state index in [-0.39, 0.29) is 24.4 Å². The molecule has 2 rings (SSSR count). The van der Waals surface area contributed by atoms with Crippen molar-refractivity contribution < 1.29 is 9.53 Å². The summed E-state index contributed by atoms with van der Waals surface area (Å²) >= 11 is 1.46. The van der Waals surface area contributed by atoms with Crippen LogP contribution in [-0.2, 0) is 13.0 Å². The van der Waals surface area contributed by atoms with Crippen LogP contribution >= 0.6 is 23.7 Å². The largest absolute Gasteiger partial charge is 0.491 e. The number of halogens is 1. The molecule has 0 unspecified atom stereocenters. The van der Waals surface area contributed by atoms with Gasteiger partial charge >= 0.3 is 0 Å². The fourth-order valence-electron chi connectivity index (χ4n) is 1.88. The van der Waals surface area contributed by atoms with Crippen molar-refractivity contribution in [2.75, 3.05) is 6.54 Å². The summed E-state index contributed by atoms with van der Waals surface area (Å²) in [5.41, 5.74) is 6.95. The zero-order valence-electron chi connectivity index (χ0n) is 13.2. The van der Waals surface area contributed by atoms with Crippen LogP contribution in [0.5, 0.6) is 5.75 Å². The predicted molar refractivity (Wildman–Crippen MR) is 95.5 cm³/mol. The normalized spacial score (nSPS) is 10.3. The van der Waals surface area contributed by atoms with Crippen LogP contribution in [0, 0.1) is 0 Å². The summed E-state index contributed by atoms with van der Waals surface area (Å²) in [5.74, 6) is 0.665. The molecule has 0 radical (unpaired) electrons. The highest BCUT2D eigenvalue weighted by Gasteiger charge is 2.10. The van der Waals surface area contributed by atoms with E-state index in [1.807, 2.05) is 38.1 Å². The number of carbonyl (C=O) groups excluding carboxylic acids is 1. The number of ether oxygens (including phenoxy) is 1. The summed E-state index contributed by atoms with van der Waals surface area (Å²) in [5, 5.41) is 5.52. The molecule has 23 heavy (non-hydrogen) atoms. The molecule has 1 aromatic heterocycles. The van der Waals surface area contributed by atoms with Crippen LogP contribution in [0.15, 0.2) is 29.6 Å².